The third kappa shape index (κ3) is 4.06. The van der Waals surface area contributed by atoms with Crippen LogP contribution in [0.4, 0.5) is 0 Å². The van der Waals surface area contributed by atoms with Gasteiger partial charge in [-0.25, -0.2) is 0 Å². The highest BCUT2D eigenvalue weighted by Gasteiger charge is 2.22. The standard InChI is InChI=1S/C14H24N4O/c1-10(12-4-3-5-15-7-12)6-14(19)18-11(2)13-8-16-17-9-13/h8-12,15H,3-7H2,1-2H3,(H,16,17)(H,18,19). The van der Waals surface area contributed by atoms with Gasteiger partial charge in [-0.2, -0.15) is 5.10 Å². The molecule has 1 aromatic heterocycles. The summed E-state index contributed by atoms with van der Waals surface area (Å²) in [5, 5.41) is 13.1. The van der Waals surface area contributed by atoms with Crippen molar-refractivity contribution in [3.05, 3.63) is 18.0 Å². The SMILES string of the molecule is CC(NC(=O)CC(C)C1CCCNC1)c1cn[nH]c1. The lowest BCUT2D eigenvalue weighted by Crippen LogP contribution is -2.36. The Kier molecular flexibility index (Phi) is 4.96. The molecule has 1 saturated heterocycles. The predicted octanol–water partition coefficient (Wildman–Crippen LogP) is 1.61. The molecule has 0 spiro atoms. The summed E-state index contributed by atoms with van der Waals surface area (Å²) in [4.78, 5) is 12.0. The molecular weight excluding hydrogens is 240 g/mol. The molecule has 1 aliphatic rings. The molecule has 3 N–H and O–H groups in total. The molecule has 3 atom stereocenters. The minimum absolute atomic E-state index is 0.0166. The van der Waals surface area contributed by atoms with Gasteiger partial charge in [0, 0.05) is 18.2 Å². The normalized spacial score (nSPS) is 22.7. The van der Waals surface area contributed by atoms with E-state index < -0.39 is 0 Å². The zero-order valence-corrected chi connectivity index (χ0v) is 11.8. The van der Waals surface area contributed by atoms with Crippen LogP contribution in [0, 0.1) is 11.8 Å². The second-order valence-electron chi connectivity index (χ2n) is 5.61. The summed E-state index contributed by atoms with van der Waals surface area (Å²) in [5.41, 5.74) is 1.01. The van der Waals surface area contributed by atoms with E-state index in [4.69, 9.17) is 0 Å². The summed E-state index contributed by atoms with van der Waals surface area (Å²) in [6.07, 6.45) is 6.63. The molecule has 0 bridgehead atoms. The van der Waals surface area contributed by atoms with Crippen LogP contribution < -0.4 is 10.6 Å². The first-order chi connectivity index (χ1) is 9.16. The molecule has 1 aromatic rings. The number of nitrogens with zero attached hydrogens (tertiary/aromatic N) is 1. The number of hydrogen-bond donors (Lipinski definition) is 3. The van der Waals surface area contributed by atoms with Crippen LogP contribution in [0.2, 0.25) is 0 Å². The maximum atomic E-state index is 12.0. The minimum atomic E-state index is 0.0166. The van der Waals surface area contributed by atoms with Gasteiger partial charge in [0.2, 0.25) is 5.91 Å². The summed E-state index contributed by atoms with van der Waals surface area (Å²) in [6, 6.07) is 0.0166. The second-order valence-corrected chi connectivity index (χ2v) is 5.61. The minimum Gasteiger partial charge on any atom is -0.349 e. The fourth-order valence-electron chi connectivity index (χ4n) is 2.70. The third-order valence-electron chi connectivity index (χ3n) is 4.04. The molecule has 5 nitrogen and oxygen atoms in total. The Morgan fingerprint density at radius 2 is 2.42 bits per heavy atom. The van der Waals surface area contributed by atoms with E-state index in [1.165, 1.54) is 12.8 Å². The molecule has 0 aromatic carbocycles. The number of rotatable bonds is 5. The van der Waals surface area contributed by atoms with Crippen LogP contribution in [0.3, 0.4) is 0 Å². The van der Waals surface area contributed by atoms with Gasteiger partial charge in [0.15, 0.2) is 0 Å². The van der Waals surface area contributed by atoms with E-state index in [9.17, 15) is 4.79 Å². The fourth-order valence-corrected chi connectivity index (χ4v) is 2.70. The van der Waals surface area contributed by atoms with E-state index >= 15 is 0 Å². The Morgan fingerprint density at radius 3 is 3.05 bits per heavy atom. The van der Waals surface area contributed by atoms with E-state index in [1.807, 2.05) is 13.1 Å². The highest BCUT2D eigenvalue weighted by atomic mass is 16.1. The fraction of sp³-hybridized carbons (Fsp3) is 0.714. The molecule has 0 aliphatic carbocycles. The Bertz CT molecular complexity index is 384. The van der Waals surface area contributed by atoms with E-state index in [2.05, 4.69) is 27.8 Å². The first-order valence-corrected chi connectivity index (χ1v) is 7.15. The van der Waals surface area contributed by atoms with Crippen molar-refractivity contribution in [1.29, 1.82) is 0 Å². The van der Waals surface area contributed by atoms with Crippen LogP contribution in [-0.4, -0.2) is 29.2 Å². The zero-order chi connectivity index (χ0) is 13.7. The molecule has 5 heteroatoms. The number of hydrogen-bond acceptors (Lipinski definition) is 3. The molecule has 2 heterocycles. The maximum Gasteiger partial charge on any atom is 0.220 e. The van der Waals surface area contributed by atoms with Gasteiger partial charge in [-0.1, -0.05) is 6.92 Å². The van der Waals surface area contributed by atoms with E-state index in [0.29, 0.717) is 18.3 Å². The smallest absolute Gasteiger partial charge is 0.220 e. The van der Waals surface area contributed by atoms with Crippen molar-refractivity contribution in [3.63, 3.8) is 0 Å². The Morgan fingerprint density at radius 1 is 1.58 bits per heavy atom. The number of piperidine rings is 1. The molecule has 1 fully saturated rings. The Labute approximate surface area is 114 Å². The quantitative estimate of drug-likeness (QED) is 0.757. The summed E-state index contributed by atoms with van der Waals surface area (Å²) >= 11 is 0. The van der Waals surface area contributed by atoms with Gasteiger partial charge in [-0.15, -0.1) is 0 Å². The van der Waals surface area contributed by atoms with Gasteiger partial charge < -0.3 is 10.6 Å². The number of aromatic nitrogens is 2. The average molecular weight is 264 g/mol. The van der Waals surface area contributed by atoms with Crippen molar-refractivity contribution >= 4 is 5.91 Å². The van der Waals surface area contributed by atoms with Crippen LogP contribution in [-0.2, 0) is 4.79 Å². The summed E-state index contributed by atoms with van der Waals surface area (Å²) in [5.74, 6) is 1.19. The van der Waals surface area contributed by atoms with Gasteiger partial charge in [-0.3, -0.25) is 9.89 Å². The summed E-state index contributed by atoms with van der Waals surface area (Å²) < 4.78 is 0. The van der Waals surface area contributed by atoms with Crippen molar-refractivity contribution in [1.82, 2.24) is 20.8 Å². The lowest BCUT2D eigenvalue weighted by Gasteiger charge is -2.28. The van der Waals surface area contributed by atoms with Crippen molar-refractivity contribution < 1.29 is 4.79 Å². The molecule has 19 heavy (non-hydrogen) atoms. The lowest BCUT2D eigenvalue weighted by atomic mass is 9.85. The van der Waals surface area contributed by atoms with E-state index in [1.54, 1.807) is 6.20 Å². The van der Waals surface area contributed by atoms with Crippen LogP contribution in [0.5, 0.6) is 0 Å². The van der Waals surface area contributed by atoms with Gasteiger partial charge in [0.1, 0.15) is 0 Å². The summed E-state index contributed by atoms with van der Waals surface area (Å²) in [7, 11) is 0. The Hall–Kier alpha value is -1.36. The number of carbonyl (C=O) groups is 1. The topological polar surface area (TPSA) is 69.8 Å². The van der Waals surface area contributed by atoms with E-state index in [-0.39, 0.29) is 11.9 Å². The molecule has 2 rings (SSSR count). The van der Waals surface area contributed by atoms with Gasteiger partial charge >= 0.3 is 0 Å². The monoisotopic (exact) mass is 264 g/mol. The van der Waals surface area contributed by atoms with Crippen molar-refractivity contribution in [3.8, 4) is 0 Å². The summed E-state index contributed by atoms with van der Waals surface area (Å²) in [6.45, 7) is 6.33. The molecule has 106 valence electrons. The number of H-pyrrole nitrogens is 1. The van der Waals surface area contributed by atoms with Crippen molar-refractivity contribution in [2.45, 2.75) is 39.2 Å². The molecule has 1 amide bonds. The van der Waals surface area contributed by atoms with Gasteiger partial charge in [-0.05, 0) is 44.7 Å². The molecular formula is C14H24N4O. The van der Waals surface area contributed by atoms with Crippen molar-refractivity contribution in [2.75, 3.05) is 13.1 Å². The number of amides is 1. The number of nitrogens with one attached hydrogen (secondary N) is 3. The zero-order valence-electron chi connectivity index (χ0n) is 11.8. The highest BCUT2D eigenvalue weighted by Crippen LogP contribution is 2.22. The van der Waals surface area contributed by atoms with E-state index in [0.717, 1.165) is 18.7 Å². The third-order valence-corrected chi connectivity index (χ3v) is 4.04. The maximum absolute atomic E-state index is 12.0. The number of carbonyl (C=O) groups excluding carboxylic acids is 1. The molecule has 1 aliphatic heterocycles. The van der Waals surface area contributed by atoms with Crippen LogP contribution in [0.1, 0.15) is 44.7 Å². The molecule has 0 radical (unpaired) electrons. The predicted molar refractivity (Wildman–Crippen MR) is 74.5 cm³/mol. The largest absolute Gasteiger partial charge is 0.349 e. The highest BCUT2D eigenvalue weighted by molar-refractivity contribution is 5.76. The lowest BCUT2D eigenvalue weighted by molar-refractivity contribution is -0.123. The van der Waals surface area contributed by atoms with Crippen LogP contribution in [0.25, 0.3) is 0 Å². The molecule has 0 saturated carbocycles. The second kappa shape index (κ2) is 6.70. The first-order valence-electron chi connectivity index (χ1n) is 7.15. The van der Waals surface area contributed by atoms with Crippen molar-refractivity contribution in [2.24, 2.45) is 11.8 Å². The van der Waals surface area contributed by atoms with Crippen LogP contribution in [0.15, 0.2) is 12.4 Å². The number of aromatic amines is 1. The van der Waals surface area contributed by atoms with Gasteiger partial charge in [0.25, 0.3) is 0 Å². The average Bonchev–Trinajstić information content (AvgIpc) is 2.93. The first kappa shape index (κ1) is 14.1. The Balaban J connectivity index is 1.77. The van der Waals surface area contributed by atoms with Crippen LogP contribution >= 0.6 is 0 Å². The van der Waals surface area contributed by atoms with Gasteiger partial charge in [0.05, 0.1) is 12.2 Å². The molecule has 3 unspecified atom stereocenters.